The minimum Gasteiger partial charge on any atom is -0.489 e. The summed E-state index contributed by atoms with van der Waals surface area (Å²) in [6.07, 6.45) is 0. The Balaban J connectivity index is 1.90. The van der Waals surface area contributed by atoms with Gasteiger partial charge in [-0.15, -0.1) is 0 Å². The van der Waals surface area contributed by atoms with Crippen LogP contribution in [0.3, 0.4) is 0 Å². The lowest BCUT2D eigenvalue weighted by molar-refractivity contribution is 0.0944. The average molecular weight is 271 g/mol. The number of hydrogen-bond acceptors (Lipinski definition) is 3. The van der Waals surface area contributed by atoms with Crippen LogP contribution in [0.5, 0.6) is 5.75 Å². The van der Waals surface area contributed by atoms with Gasteiger partial charge < -0.3 is 15.2 Å². The fraction of sp³-hybridized carbons (Fsp3) is 0.188. The van der Waals surface area contributed by atoms with Gasteiger partial charge in [-0.1, -0.05) is 30.3 Å². The van der Waals surface area contributed by atoms with Gasteiger partial charge in [-0.3, -0.25) is 4.79 Å². The molecule has 4 heteroatoms. The molecular formula is C16H17NO3. The van der Waals surface area contributed by atoms with Gasteiger partial charge in [-0.25, -0.2) is 0 Å². The Kier molecular flexibility index (Phi) is 5.15. The number of aliphatic hydroxyl groups excluding tert-OH is 1. The van der Waals surface area contributed by atoms with Crippen LogP contribution in [0.2, 0.25) is 0 Å². The Morgan fingerprint density at radius 3 is 2.40 bits per heavy atom. The molecule has 0 bridgehead atoms. The van der Waals surface area contributed by atoms with Crippen LogP contribution in [-0.4, -0.2) is 24.2 Å². The highest BCUT2D eigenvalue weighted by atomic mass is 16.5. The normalized spacial score (nSPS) is 10.1. The van der Waals surface area contributed by atoms with Crippen molar-refractivity contribution in [3.05, 3.63) is 65.7 Å². The van der Waals surface area contributed by atoms with E-state index in [9.17, 15) is 4.79 Å². The maximum atomic E-state index is 11.6. The van der Waals surface area contributed by atoms with Crippen LogP contribution in [0.1, 0.15) is 15.9 Å². The summed E-state index contributed by atoms with van der Waals surface area (Å²) in [7, 11) is 0. The second-order valence-corrected chi connectivity index (χ2v) is 4.28. The Bertz CT molecular complexity index is 537. The SMILES string of the molecule is O=C(NCCO)c1ccc(OCc2ccccc2)cc1. The monoisotopic (exact) mass is 271 g/mol. The fourth-order valence-electron chi connectivity index (χ4n) is 1.71. The summed E-state index contributed by atoms with van der Waals surface area (Å²) in [5, 5.41) is 11.2. The molecule has 0 aliphatic heterocycles. The first-order valence-electron chi connectivity index (χ1n) is 6.45. The van der Waals surface area contributed by atoms with E-state index in [1.165, 1.54) is 0 Å². The van der Waals surface area contributed by atoms with E-state index >= 15 is 0 Å². The van der Waals surface area contributed by atoms with Gasteiger partial charge in [0.05, 0.1) is 6.61 Å². The molecular weight excluding hydrogens is 254 g/mol. The van der Waals surface area contributed by atoms with E-state index in [1.807, 2.05) is 30.3 Å². The minimum atomic E-state index is -0.200. The Hall–Kier alpha value is -2.33. The van der Waals surface area contributed by atoms with E-state index < -0.39 is 0 Å². The first-order chi connectivity index (χ1) is 9.79. The zero-order chi connectivity index (χ0) is 14.2. The summed E-state index contributed by atoms with van der Waals surface area (Å²) in [6.45, 7) is 0.687. The van der Waals surface area contributed by atoms with Gasteiger partial charge >= 0.3 is 0 Å². The molecule has 2 aromatic rings. The van der Waals surface area contributed by atoms with E-state index in [0.717, 1.165) is 5.56 Å². The van der Waals surface area contributed by atoms with Crippen molar-refractivity contribution in [2.45, 2.75) is 6.61 Å². The largest absolute Gasteiger partial charge is 0.489 e. The average Bonchev–Trinajstić information content (AvgIpc) is 2.52. The van der Waals surface area contributed by atoms with Crippen LogP contribution in [0.25, 0.3) is 0 Å². The predicted molar refractivity (Wildman–Crippen MR) is 76.6 cm³/mol. The van der Waals surface area contributed by atoms with E-state index in [0.29, 0.717) is 17.9 Å². The third-order valence-electron chi connectivity index (χ3n) is 2.76. The van der Waals surface area contributed by atoms with Crippen molar-refractivity contribution in [3.8, 4) is 5.75 Å². The summed E-state index contributed by atoms with van der Waals surface area (Å²) in [4.78, 5) is 11.6. The van der Waals surface area contributed by atoms with Gasteiger partial charge in [0.1, 0.15) is 12.4 Å². The summed E-state index contributed by atoms with van der Waals surface area (Å²) in [6, 6.07) is 16.8. The lowest BCUT2D eigenvalue weighted by atomic mass is 10.2. The number of aliphatic hydroxyl groups is 1. The number of nitrogens with one attached hydrogen (secondary N) is 1. The molecule has 0 saturated carbocycles. The van der Waals surface area contributed by atoms with Gasteiger partial charge in [-0.2, -0.15) is 0 Å². The molecule has 0 atom stereocenters. The van der Waals surface area contributed by atoms with Crippen molar-refractivity contribution in [1.29, 1.82) is 0 Å². The van der Waals surface area contributed by atoms with Crippen LogP contribution in [0.15, 0.2) is 54.6 Å². The molecule has 0 radical (unpaired) electrons. The first-order valence-corrected chi connectivity index (χ1v) is 6.45. The number of hydrogen-bond donors (Lipinski definition) is 2. The zero-order valence-electron chi connectivity index (χ0n) is 11.1. The number of amides is 1. The molecule has 0 fully saturated rings. The number of carbonyl (C=O) groups excluding carboxylic acids is 1. The molecule has 0 spiro atoms. The van der Waals surface area contributed by atoms with Crippen molar-refractivity contribution >= 4 is 5.91 Å². The van der Waals surface area contributed by atoms with Gasteiger partial charge in [0.25, 0.3) is 5.91 Å². The molecule has 0 heterocycles. The maximum Gasteiger partial charge on any atom is 0.251 e. The quantitative estimate of drug-likeness (QED) is 0.844. The van der Waals surface area contributed by atoms with Crippen molar-refractivity contribution in [2.24, 2.45) is 0 Å². The maximum absolute atomic E-state index is 11.6. The molecule has 104 valence electrons. The Morgan fingerprint density at radius 1 is 1.05 bits per heavy atom. The highest BCUT2D eigenvalue weighted by Gasteiger charge is 2.04. The number of carbonyl (C=O) groups is 1. The molecule has 0 aliphatic carbocycles. The van der Waals surface area contributed by atoms with Crippen LogP contribution in [0.4, 0.5) is 0 Å². The van der Waals surface area contributed by atoms with Crippen molar-refractivity contribution in [1.82, 2.24) is 5.32 Å². The molecule has 2 rings (SSSR count). The number of ether oxygens (including phenoxy) is 1. The van der Waals surface area contributed by atoms with E-state index in [1.54, 1.807) is 24.3 Å². The summed E-state index contributed by atoms with van der Waals surface area (Å²) < 4.78 is 5.64. The third-order valence-corrected chi connectivity index (χ3v) is 2.76. The van der Waals surface area contributed by atoms with Gasteiger partial charge in [0.2, 0.25) is 0 Å². The number of benzene rings is 2. The smallest absolute Gasteiger partial charge is 0.251 e. The van der Waals surface area contributed by atoms with Crippen molar-refractivity contribution in [2.75, 3.05) is 13.2 Å². The zero-order valence-corrected chi connectivity index (χ0v) is 11.1. The van der Waals surface area contributed by atoms with Gasteiger partial charge in [0, 0.05) is 12.1 Å². The third kappa shape index (κ3) is 4.10. The predicted octanol–water partition coefficient (Wildman–Crippen LogP) is 1.99. The standard InChI is InChI=1S/C16H17NO3/c18-11-10-17-16(19)14-6-8-15(9-7-14)20-12-13-4-2-1-3-5-13/h1-9,18H,10-12H2,(H,17,19). The second kappa shape index (κ2) is 7.31. The van der Waals surface area contributed by atoms with E-state index in [4.69, 9.17) is 9.84 Å². The molecule has 0 saturated heterocycles. The van der Waals surface area contributed by atoms with Gasteiger partial charge in [-0.05, 0) is 29.8 Å². The van der Waals surface area contributed by atoms with Crippen LogP contribution >= 0.6 is 0 Å². The molecule has 0 unspecified atom stereocenters. The molecule has 0 aliphatic rings. The van der Waals surface area contributed by atoms with Crippen LogP contribution < -0.4 is 10.1 Å². The highest BCUT2D eigenvalue weighted by molar-refractivity contribution is 5.94. The molecule has 4 nitrogen and oxygen atoms in total. The molecule has 20 heavy (non-hydrogen) atoms. The molecule has 1 amide bonds. The van der Waals surface area contributed by atoms with Crippen molar-refractivity contribution in [3.63, 3.8) is 0 Å². The lowest BCUT2D eigenvalue weighted by Crippen LogP contribution is -2.26. The summed E-state index contributed by atoms with van der Waals surface area (Å²) >= 11 is 0. The van der Waals surface area contributed by atoms with Crippen molar-refractivity contribution < 1.29 is 14.6 Å². The minimum absolute atomic E-state index is 0.0655. The second-order valence-electron chi connectivity index (χ2n) is 4.28. The summed E-state index contributed by atoms with van der Waals surface area (Å²) in [5.74, 6) is 0.515. The van der Waals surface area contributed by atoms with Crippen LogP contribution in [-0.2, 0) is 6.61 Å². The Morgan fingerprint density at radius 2 is 1.75 bits per heavy atom. The van der Waals surface area contributed by atoms with E-state index in [2.05, 4.69) is 5.32 Å². The Labute approximate surface area is 118 Å². The molecule has 2 N–H and O–H groups in total. The van der Waals surface area contributed by atoms with Gasteiger partial charge in [0.15, 0.2) is 0 Å². The highest BCUT2D eigenvalue weighted by Crippen LogP contribution is 2.14. The lowest BCUT2D eigenvalue weighted by Gasteiger charge is -2.07. The van der Waals surface area contributed by atoms with Crippen LogP contribution in [0, 0.1) is 0 Å². The summed E-state index contributed by atoms with van der Waals surface area (Å²) in [5.41, 5.74) is 1.64. The molecule has 0 aromatic heterocycles. The fourth-order valence-corrected chi connectivity index (χ4v) is 1.71. The van der Waals surface area contributed by atoms with E-state index in [-0.39, 0.29) is 19.1 Å². The molecule has 2 aromatic carbocycles. The number of rotatable bonds is 6. The topological polar surface area (TPSA) is 58.6 Å². The first kappa shape index (κ1) is 14.1.